The fourth-order valence-electron chi connectivity index (χ4n) is 1.64. The highest BCUT2D eigenvalue weighted by molar-refractivity contribution is 6.32. The number of aromatic hydroxyl groups is 1. The number of phenolic OH excluding ortho intramolecular Hbond substituents is 1. The number of phenols is 1. The lowest BCUT2D eigenvalue weighted by molar-refractivity contribution is 0.459. The third kappa shape index (κ3) is 1.49. The first-order chi connectivity index (χ1) is 6.57. The molecule has 0 unspecified atom stereocenters. The van der Waals surface area contributed by atoms with Crippen LogP contribution >= 0.6 is 11.6 Å². The molecule has 1 aliphatic carbocycles. The molecule has 2 rings (SSSR count). The number of aryl methyl sites for hydroxylation is 1. The van der Waals surface area contributed by atoms with Gasteiger partial charge >= 0.3 is 0 Å². The first-order valence-corrected chi connectivity index (χ1v) is 5.25. The predicted octanol–water partition coefficient (Wildman–Crippen LogP) is 2.56. The lowest BCUT2D eigenvalue weighted by Gasteiger charge is -2.14. The maximum Gasteiger partial charge on any atom is 0.139 e. The first-order valence-electron chi connectivity index (χ1n) is 4.87. The van der Waals surface area contributed by atoms with Crippen molar-refractivity contribution >= 4 is 11.6 Å². The van der Waals surface area contributed by atoms with Crippen LogP contribution in [0.3, 0.4) is 0 Å². The lowest BCUT2D eigenvalue weighted by atomic mass is 10.0. The Balaban J connectivity index is 2.52. The van der Waals surface area contributed by atoms with Crippen LogP contribution in [0.2, 0.25) is 5.02 Å². The van der Waals surface area contributed by atoms with Crippen LogP contribution < -0.4 is 5.73 Å². The van der Waals surface area contributed by atoms with Crippen LogP contribution in [-0.2, 0) is 12.0 Å². The van der Waals surface area contributed by atoms with E-state index in [1.165, 1.54) is 0 Å². The van der Waals surface area contributed by atoms with Gasteiger partial charge < -0.3 is 10.8 Å². The fourth-order valence-corrected chi connectivity index (χ4v) is 1.88. The highest BCUT2D eigenvalue weighted by Gasteiger charge is 2.42. The largest absolute Gasteiger partial charge is 0.506 e. The number of rotatable bonds is 2. The summed E-state index contributed by atoms with van der Waals surface area (Å²) in [6.45, 7) is 2.06. The third-order valence-electron chi connectivity index (χ3n) is 2.86. The maximum absolute atomic E-state index is 9.78. The standard InChI is InChI=1S/C11H14ClNO/c1-2-7-5-8(11(13)3-4-11)10(14)9(12)6-7/h5-6,14H,2-4,13H2,1H3. The minimum absolute atomic E-state index is 0.156. The molecule has 0 atom stereocenters. The van der Waals surface area contributed by atoms with Gasteiger partial charge in [-0.25, -0.2) is 0 Å². The van der Waals surface area contributed by atoms with Crippen molar-refractivity contribution in [1.29, 1.82) is 0 Å². The van der Waals surface area contributed by atoms with Crippen LogP contribution in [-0.4, -0.2) is 5.11 Å². The molecule has 14 heavy (non-hydrogen) atoms. The van der Waals surface area contributed by atoms with Crippen LogP contribution in [0.15, 0.2) is 12.1 Å². The van der Waals surface area contributed by atoms with Crippen LogP contribution in [0.4, 0.5) is 0 Å². The zero-order valence-corrected chi connectivity index (χ0v) is 8.93. The van der Waals surface area contributed by atoms with Crippen LogP contribution in [0, 0.1) is 0 Å². The second-order valence-corrected chi connectivity index (χ2v) is 4.39. The highest BCUT2D eigenvalue weighted by atomic mass is 35.5. The number of benzene rings is 1. The van der Waals surface area contributed by atoms with Crippen molar-refractivity contribution in [3.05, 3.63) is 28.3 Å². The Morgan fingerprint density at radius 1 is 1.50 bits per heavy atom. The van der Waals surface area contributed by atoms with Gasteiger partial charge in [-0.15, -0.1) is 0 Å². The average molecular weight is 212 g/mol. The van der Waals surface area contributed by atoms with Gasteiger partial charge in [0.05, 0.1) is 5.02 Å². The molecule has 0 bridgehead atoms. The topological polar surface area (TPSA) is 46.2 Å². The zero-order valence-electron chi connectivity index (χ0n) is 8.18. The molecule has 1 fully saturated rings. The molecule has 2 nitrogen and oxygen atoms in total. The summed E-state index contributed by atoms with van der Waals surface area (Å²) in [4.78, 5) is 0. The Kier molecular flexibility index (Phi) is 2.20. The molecule has 0 radical (unpaired) electrons. The summed E-state index contributed by atoms with van der Waals surface area (Å²) in [5.41, 5.74) is 7.65. The average Bonchev–Trinajstić information content (AvgIpc) is 2.89. The second-order valence-electron chi connectivity index (χ2n) is 3.98. The molecular formula is C11H14ClNO. The van der Waals surface area contributed by atoms with Gasteiger partial charge in [0.25, 0.3) is 0 Å². The van der Waals surface area contributed by atoms with E-state index >= 15 is 0 Å². The molecule has 76 valence electrons. The van der Waals surface area contributed by atoms with Crippen molar-refractivity contribution in [3.63, 3.8) is 0 Å². The SMILES string of the molecule is CCc1cc(Cl)c(O)c(C2(N)CC2)c1. The van der Waals surface area contributed by atoms with Gasteiger partial charge in [0, 0.05) is 11.1 Å². The molecule has 3 N–H and O–H groups in total. The Labute approximate surface area is 88.7 Å². The smallest absolute Gasteiger partial charge is 0.139 e. The van der Waals surface area contributed by atoms with E-state index in [2.05, 4.69) is 6.92 Å². The summed E-state index contributed by atoms with van der Waals surface area (Å²) >= 11 is 5.93. The normalized spacial score (nSPS) is 18.2. The maximum atomic E-state index is 9.78. The number of hydrogen-bond donors (Lipinski definition) is 2. The summed E-state index contributed by atoms with van der Waals surface area (Å²) in [5, 5.41) is 10.2. The van der Waals surface area contributed by atoms with E-state index in [1.54, 1.807) is 6.07 Å². The molecule has 0 amide bonds. The quantitative estimate of drug-likeness (QED) is 0.790. The van der Waals surface area contributed by atoms with Crippen molar-refractivity contribution in [2.24, 2.45) is 5.73 Å². The van der Waals surface area contributed by atoms with Gasteiger partial charge in [-0.05, 0) is 30.9 Å². The van der Waals surface area contributed by atoms with Gasteiger partial charge in [-0.3, -0.25) is 0 Å². The van der Waals surface area contributed by atoms with Crippen LogP contribution in [0.1, 0.15) is 30.9 Å². The molecular weight excluding hydrogens is 198 g/mol. The Bertz CT molecular complexity index is 372. The van der Waals surface area contributed by atoms with Crippen molar-refractivity contribution in [1.82, 2.24) is 0 Å². The Morgan fingerprint density at radius 2 is 2.14 bits per heavy atom. The minimum Gasteiger partial charge on any atom is -0.506 e. The molecule has 0 saturated heterocycles. The molecule has 0 heterocycles. The van der Waals surface area contributed by atoms with Crippen LogP contribution in [0.5, 0.6) is 5.75 Å². The van der Waals surface area contributed by atoms with E-state index < -0.39 is 0 Å². The fraction of sp³-hybridized carbons (Fsp3) is 0.455. The van der Waals surface area contributed by atoms with E-state index in [1.807, 2.05) is 6.07 Å². The highest BCUT2D eigenvalue weighted by Crippen LogP contribution is 2.48. The molecule has 1 saturated carbocycles. The molecule has 0 aromatic heterocycles. The van der Waals surface area contributed by atoms with E-state index in [9.17, 15) is 5.11 Å². The van der Waals surface area contributed by atoms with E-state index in [0.29, 0.717) is 5.02 Å². The zero-order chi connectivity index (χ0) is 10.3. The summed E-state index contributed by atoms with van der Waals surface area (Å²) in [6, 6.07) is 3.76. The van der Waals surface area contributed by atoms with Gasteiger partial charge in [0.2, 0.25) is 0 Å². The van der Waals surface area contributed by atoms with E-state index in [-0.39, 0.29) is 11.3 Å². The van der Waals surface area contributed by atoms with Crippen LogP contribution in [0.25, 0.3) is 0 Å². The van der Waals surface area contributed by atoms with Gasteiger partial charge in [0.1, 0.15) is 5.75 Å². The van der Waals surface area contributed by atoms with Crippen molar-refractivity contribution in [2.75, 3.05) is 0 Å². The summed E-state index contributed by atoms with van der Waals surface area (Å²) in [5.74, 6) is 0.156. The number of nitrogens with two attached hydrogens (primary N) is 1. The third-order valence-corrected chi connectivity index (χ3v) is 3.14. The lowest BCUT2D eigenvalue weighted by Crippen LogP contribution is -2.19. The molecule has 1 aliphatic rings. The molecule has 1 aromatic rings. The van der Waals surface area contributed by atoms with E-state index in [0.717, 1.165) is 30.4 Å². The number of halogens is 1. The molecule has 1 aromatic carbocycles. The van der Waals surface area contributed by atoms with E-state index in [4.69, 9.17) is 17.3 Å². The van der Waals surface area contributed by atoms with Gasteiger partial charge in [-0.1, -0.05) is 24.6 Å². The second kappa shape index (κ2) is 3.14. The monoisotopic (exact) mass is 211 g/mol. The Hall–Kier alpha value is -0.730. The van der Waals surface area contributed by atoms with Gasteiger partial charge in [0.15, 0.2) is 0 Å². The first kappa shape index (κ1) is 9.81. The summed E-state index contributed by atoms with van der Waals surface area (Å²) in [6.07, 6.45) is 2.77. The number of hydrogen-bond acceptors (Lipinski definition) is 2. The summed E-state index contributed by atoms with van der Waals surface area (Å²) in [7, 11) is 0. The molecule has 3 heteroatoms. The van der Waals surface area contributed by atoms with Crippen molar-refractivity contribution in [2.45, 2.75) is 31.7 Å². The van der Waals surface area contributed by atoms with Crippen molar-refractivity contribution < 1.29 is 5.11 Å². The predicted molar refractivity (Wildman–Crippen MR) is 57.6 cm³/mol. The molecule has 0 spiro atoms. The Morgan fingerprint density at radius 3 is 2.64 bits per heavy atom. The minimum atomic E-state index is -0.321. The molecule has 0 aliphatic heterocycles. The summed E-state index contributed by atoms with van der Waals surface area (Å²) < 4.78 is 0. The van der Waals surface area contributed by atoms with Crippen molar-refractivity contribution in [3.8, 4) is 5.75 Å². The van der Waals surface area contributed by atoms with Gasteiger partial charge in [-0.2, -0.15) is 0 Å².